The molecule has 1 aliphatic carbocycles. The molecule has 292 valence electrons. The molecule has 4 aliphatic rings. The zero-order valence-corrected chi connectivity index (χ0v) is 31.9. The first kappa shape index (κ1) is 37.1. The lowest BCUT2D eigenvalue weighted by Gasteiger charge is -2.57. The Morgan fingerprint density at radius 1 is 1.04 bits per heavy atom. The summed E-state index contributed by atoms with van der Waals surface area (Å²) < 4.78 is 41.1. The van der Waals surface area contributed by atoms with Crippen molar-refractivity contribution in [1.29, 1.82) is 0 Å². The molecule has 1 amide bonds. The van der Waals surface area contributed by atoms with Gasteiger partial charge in [-0.05, 0) is 80.0 Å². The molecule has 55 heavy (non-hydrogen) atoms. The molecule has 16 heteroatoms. The zero-order chi connectivity index (χ0) is 38.2. The van der Waals surface area contributed by atoms with Crippen LogP contribution in [0.3, 0.4) is 0 Å². The van der Waals surface area contributed by atoms with E-state index in [0.29, 0.717) is 41.2 Å². The first-order valence-corrected chi connectivity index (χ1v) is 20.8. The number of sulfonamides is 1. The fourth-order valence-corrected chi connectivity index (χ4v) is 9.56. The number of nitrogens with zero attached hydrogens (tertiary/aromatic N) is 5. The number of hydrogen-bond acceptors (Lipinski definition) is 12. The molecule has 1 aromatic carbocycles. The minimum atomic E-state index is -4.57. The Hall–Kier alpha value is -4.80. The summed E-state index contributed by atoms with van der Waals surface area (Å²) in [5.41, 5.74) is 1.33. The molecule has 3 aromatic heterocycles. The van der Waals surface area contributed by atoms with Crippen molar-refractivity contribution in [2.75, 3.05) is 56.2 Å². The summed E-state index contributed by atoms with van der Waals surface area (Å²) in [5.74, 6) is 0.578. The number of H-pyrrole nitrogens is 1. The molecule has 1 spiro atoms. The smallest absolute Gasteiger partial charge is 0.312 e. The minimum Gasteiger partial charge on any atom is -0.455 e. The van der Waals surface area contributed by atoms with Gasteiger partial charge in [-0.25, -0.2) is 23.1 Å². The third kappa shape index (κ3) is 8.12. The number of likely N-dealkylation sites (tertiary alicyclic amines) is 1. The van der Waals surface area contributed by atoms with E-state index in [-0.39, 0.29) is 17.1 Å². The number of aromatic nitrogens is 3. The van der Waals surface area contributed by atoms with E-state index in [1.54, 1.807) is 30.5 Å². The first-order valence-electron chi connectivity index (χ1n) is 19.3. The summed E-state index contributed by atoms with van der Waals surface area (Å²) in [5, 5.41) is 15.9. The molecule has 15 nitrogen and oxygen atoms in total. The second kappa shape index (κ2) is 15.4. The third-order valence-electron chi connectivity index (χ3n) is 12.1. The number of amides is 1. The minimum absolute atomic E-state index is 0.00855. The fraction of sp³-hybridized carbons (Fsp3) is 0.513. The lowest BCUT2D eigenvalue weighted by Crippen LogP contribution is -2.63. The van der Waals surface area contributed by atoms with Crippen molar-refractivity contribution < 1.29 is 27.6 Å². The van der Waals surface area contributed by atoms with Crippen LogP contribution in [0.1, 0.15) is 68.6 Å². The molecule has 3 N–H and O–H groups in total. The largest absolute Gasteiger partial charge is 0.455 e. The first-order chi connectivity index (χ1) is 26.5. The molecule has 4 fully saturated rings. The lowest BCUT2D eigenvalue weighted by atomic mass is 9.71. The van der Waals surface area contributed by atoms with Crippen LogP contribution in [0.2, 0.25) is 0 Å². The maximum Gasteiger partial charge on any atom is 0.312 e. The predicted molar refractivity (Wildman–Crippen MR) is 207 cm³/mol. The number of anilines is 2. The topological polar surface area (TPSA) is 185 Å². The zero-order valence-electron chi connectivity index (χ0n) is 31.0. The quantitative estimate of drug-likeness (QED) is 0.118. The fourth-order valence-electron chi connectivity index (χ4n) is 8.63. The van der Waals surface area contributed by atoms with Gasteiger partial charge in [0.1, 0.15) is 22.0 Å². The second-order valence-electron chi connectivity index (χ2n) is 15.8. The van der Waals surface area contributed by atoms with Crippen molar-refractivity contribution in [3.05, 3.63) is 70.7 Å². The maximum atomic E-state index is 13.8. The van der Waals surface area contributed by atoms with Crippen molar-refractivity contribution in [1.82, 2.24) is 24.6 Å². The number of rotatable bonds is 11. The number of carbonyl (C=O) groups excluding carboxylic acids is 1. The van der Waals surface area contributed by atoms with Gasteiger partial charge in [-0.1, -0.05) is 19.8 Å². The van der Waals surface area contributed by atoms with Gasteiger partial charge in [0.15, 0.2) is 0 Å². The number of nitro groups is 1. The Balaban J connectivity index is 0.991. The number of carbonyl (C=O) groups is 1. The summed E-state index contributed by atoms with van der Waals surface area (Å²) in [6.07, 6.45) is 12.8. The Morgan fingerprint density at radius 2 is 1.80 bits per heavy atom. The van der Waals surface area contributed by atoms with Crippen LogP contribution in [0.15, 0.2) is 59.9 Å². The summed E-state index contributed by atoms with van der Waals surface area (Å²) >= 11 is 0. The molecule has 0 unspecified atom stereocenters. The van der Waals surface area contributed by atoms with Crippen LogP contribution in [0, 0.1) is 27.4 Å². The molecule has 8 rings (SSSR count). The van der Waals surface area contributed by atoms with Gasteiger partial charge in [0.25, 0.3) is 15.9 Å². The average molecular weight is 773 g/mol. The molecule has 0 bridgehead atoms. The van der Waals surface area contributed by atoms with Crippen LogP contribution in [-0.2, 0) is 14.8 Å². The highest BCUT2D eigenvalue weighted by atomic mass is 32.2. The predicted octanol–water partition coefficient (Wildman–Crippen LogP) is 6.10. The number of pyridine rings is 2. The Labute approximate surface area is 320 Å². The van der Waals surface area contributed by atoms with E-state index in [0.717, 1.165) is 114 Å². The highest BCUT2D eigenvalue weighted by Crippen LogP contribution is 2.44. The number of aromatic amines is 1. The second-order valence-corrected chi connectivity index (χ2v) is 17.5. The molecular weight excluding hydrogens is 725 g/mol. The number of benzene rings is 1. The van der Waals surface area contributed by atoms with Gasteiger partial charge in [0.2, 0.25) is 5.82 Å². The number of piperidine rings is 1. The molecule has 0 radical (unpaired) electrons. The number of hydrogen-bond donors (Lipinski definition) is 3. The average Bonchev–Trinajstić information content (AvgIpc) is 3.65. The van der Waals surface area contributed by atoms with Crippen LogP contribution < -0.4 is 19.7 Å². The van der Waals surface area contributed by atoms with Gasteiger partial charge < -0.3 is 24.7 Å². The number of fused-ring (bicyclic) bond motifs is 1. The van der Waals surface area contributed by atoms with Crippen LogP contribution >= 0.6 is 0 Å². The van der Waals surface area contributed by atoms with E-state index in [1.165, 1.54) is 6.20 Å². The number of nitrogens with one attached hydrogen (secondary N) is 3. The SMILES string of the molecule is CC1CCC(CNc2ncc(S(=O)(=O)NC(=O)c3ccc(N4CCC5(CC4)CN(C4CCOCC4)C5)cc3Oc3cnc4[nH]ccc4c3)cc2[N+](=O)[O-])CC1. The molecule has 1 saturated carbocycles. The Bertz CT molecular complexity index is 2150. The van der Waals surface area contributed by atoms with Gasteiger partial charge in [0, 0.05) is 81.4 Å². The van der Waals surface area contributed by atoms with Crippen LogP contribution in [0.4, 0.5) is 17.2 Å². The summed E-state index contributed by atoms with van der Waals surface area (Å²) in [6.45, 7) is 8.31. The highest BCUT2D eigenvalue weighted by Gasteiger charge is 2.47. The monoisotopic (exact) mass is 772 g/mol. The van der Waals surface area contributed by atoms with Gasteiger partial charge in [-0.2, -0.15) is 0 Å². The summed E-state index contributed by atoms with van der Waals surface area (Å²) in [7, 11) is -4.57. The van der Waals surface area contributed by atoms with E-state index >= 15 is 0 Å². The maximum absolute atomic E-state index is 13.8. The van der Waals surface area contributed by atoms with E-state index in [1.807, 2.05) is 6.07 Å². The highest BCUT2D eigenvalue weighted by molar-refractivity contribution is 7.90. The molecular formula is C39H48N8O7S. The van der Waals surface area contributed by atoms with E-state index < -0.39 is 31.4 Å². The van der Waals surface area contributed by atoms with Gasteiger partial charge in [-0.15, -0.1) is 0 Å². The summed E-state index contributed by atoms with van der Waals surface area (Å²) in [6, 6.07) is 10.3. The standard InChI is InChI=1S/C39H48N8O7S/c1-26-2-4-27(5-3-26)21-41-37-34(47(49)50)20-32(23-43-37)55(51,52)44-38(48)33-7-6-30(19-35(33)54-31-18-28-8-13-40-36(28)42-22-31)45-14-11-39(12-15-45)24-46(25-39)29-9-16-53-17-10-29/h6-8,13,18-20,22-23,26-27,29H,2-5,9-12,14-17,21,24-25H2,1H3,(H,40,42)(H,41,43)(H,44,48). The van der Waals surface area contributed by atoms with E-state index in [9.17, 15) is 23.3 Å². The molecule has 0 atom stereocenters. The van der Waals surface area contributed by atoms with Crippen LogP contribution in [0.25, 0.3) is 11.0 Å². The number of ether oxygens (including phenoxy) is 2. The van der Waals surface area contributed by atoms with Gasteiger partial charge in [0.05, 0.1) is 22.9 Å². The molecule has 6 heterocycles. The molecule has 3 saturated heterocycles. The van der Waals surface area contributed by atoms with Gasteiger partial charge in [-0.3, -0.25) is 19.8 Å². The van der Waals surface area contributed by atoms with Crippen molar-refractivity contribution >= 4 is 44.2 Å². The van der Waals surface area contributed by atoms with Crippen molar-refractivity contribution in [3.8, 4) is 11.5 Å². The molecule has 4 aromatic rings. The van der Waals surface area contributed by atoms with E-state index in [4.69, 9.17) is 9.47 Å². The lowest BCUT2D eigenvalue weighted by molar-refractivity contribution is -0.384. The summed E-state index contributed by atoms with van der Waals surface area (Å²) in [4.78, 5) is 41.1. The van der Waals surface area contributed by atoms with Crippen molar-refractivity contribution in [2.45, 2.75) is 69.2 Å². The molecule has 3 aliphatic heterocycles. The Kier molecular flexibility index (Phi) is 10.4. The van der Waals surface area contributed by atoms with Crippen molar-refractivity contribution in [2.24, 2.45) is 17.3 Å². The Morgan fingerprint density at radius 3 is 2.55 bits per heavy atom. The third-order valence-corrected chi connectivity index (χ3v) is 13.4. The normalized spacial score (nSPS) is 21.9. The van der Waals surface area contributed by atoms with Crippen LogP contribution in [0.5, 0.6) is 11.5 Å². The van der Waals surface area contributed by atoms with Crippen molar-refractivity contribution in [3.63, 3.8) is 0 Å². The van der Waals surface area contributed by atoms with E-state index in [2.05, 4.69) is 41.7 Å². The van der Waals surface area contributed by atoms with Crippen LogP contribution in [-0.4, -0.2) is 91.1 Å². The van der Waals surface area contributed by atoms with Gasteiger partial charge >= 0.3 is 5.69 Å².